The molecule has 0 unspecified atom stereocenters. The molecule has 0 aliphatic carbocycles. The molecule has 0 atom stereocenters. The molecule has 0 aliphatic rings. The Bertz CT molecular complexity index is 629. The van der Waals surface area contributed by atoms with Crippen LogP contribution in [0.15, 0.2) is 36.4 Å². The number of rotatable bonds is 4. The third-order valence-electron chi connectivity index (χ3n) is 2.84. The summed E-state index contributed by atoms with van der Waals surface area (Å²) in [5, 5.41) is 11.1. The zero-order chi connectivity index (χ0) is 14.8. The predicted octanol–water partition coefficient (Wildman–Crippen LogP) is 3.61. The van der Waals surface area contributed by atoms with Crippen molar-refractivity contribution in [2.24, 2.45) is 0 Å². The lowest BCUT2D eigenvalue weighted by molar-refractivity contribution is -0.136. The number of hydrogen-bond donors (Lipinski definition) is 2. The van der Waals surface area contributed by atoms with Gasteiger partial charge in [-0.2, -0.15) is 0 Å². The molecule has 2 aromatic carbocycles. The van der Waals surface area contributed by atoms with Crippen LogP contribution in [0.2, 0.25) is 0 Å². The number of carboxylic acid groups (broad SMARTS) is 1. The molecule has 0 saturated carbocycles. The van der Waals surface area contributed by atoms with E-state index in [1.54, 1.807) is 0 Å². The number of aliphatic carboxylic acids is 1. The van der Waals surface area contributed by atoms with Crippen LogP contribution in [0.25, 0.3) is 10.8 Å². The SMILES string of the molecule is CC(C)(C)ONc1ccc2ccccc2c1CC(=O)O. The van der Waals surface area contributed by atoms with Gasteiger partial charge in [0.15, 0.2) is 0 Å². The molecule has 0 spiro atoms. The largest absolute Gasteiger partial charge is 0.481 e. The first-order chi connectivity index (χ1) is 9.37. The highest BCUT2D eigenvalue weighted by Gasteiger charge is 2.15. The predicted molar refractivity (Wildman–Crippen MR) is 79.7 cm³/mol. The topological polar surface area (TPSA) is 58.6 Å². The quantitative estimate of drug-likeness (QED) is 0.835. The van der Waals surface area contributed by atoms with Gasteiger partial charge in [0.05, 0.1) is 17.7 Å². The molecule has 0 bridgehead atoms. The minimum atomic E-state index is -0.861. The minimum absolute atomic E-state index is 0.0445. The summed E-state index contributed by atoms with van der Waals surface area (Å²) in [7, 11) is 0. The van der Waals surface area contributed by atoms with Crippen molar-refractivity contribution in [1.29, 1.82) is 0 Å². The highest BCUT2D eigenvalue weighted by Crippen LogP contribution is 2.27. The molecule has 2 aromatic rings. The summed E-state index contributed by atoms with van der Waals surface area (Å²) in [6.07, 6.45) is -0.0445. The zero-order valence-electron chi connectivity index (χ0n) is 11.9. The Kier molecular flexibility index (Phi) is 3.95. The molecule has 0 heterocycles. The van der Waals surface area contributed by atoms with Crippen LogP contribution >= 0.6 is 0 Å². The summed E-state index contributed by atoms with van der Waals surface area (Å²) in [5.74, 6) is -0.861. The third-order valence-corrected chi connectivity index (χ3v) is 2.84. The molecule has 2 N–H and O–H groups in total. The van der Waals surface area contributed by atoms with E-state index in [1.807, 2.05) is 57.2 Å². The van der Waals surface area contributed by atoms with Crippen LogP contribution in [0.3, 0.4) is 0 Å². The molecule has 2 rings (SSSR count). The normalized spacial score (nSPS) is 11.6. The number of carbonyl (C=O) groups is 1. The Labute approximate surface area is 118 Å². The molecule has 4 nitrogen and oxygen atoms in total. The van der Waals surface area contributed by atoms with Crippen molar-refractivity contribution in [2.45, 2.75) is 32.8 Å². The summed E-state index contributed by atoms with van der Waals surface area (Å²) < 4.78 is 0. The smallest absolute Gasteiger partial charge is 0.307 e. The molecule has 0 aliphatic heterocycles. The molecule has 4 heteroatoms. The first-order valence-corrected chi connectivity index (χ1v) is 6.53. The molecular weight excluding hydrogens is 254 g/mol. The van der Waals surface area contributed by atoms with E-state index in [1.165, 1.54) is 0 Å². The second-order valence-corrected chi connectivity index (χ2v) is 5.70. The van der Waals surface area contributed by atoms with Gasteiger partial charge in [0.25, 0.3) is 0 Å². The average molecular weight is 273 g/mol. The van der Waals surface area contributed by atoms with E-state index in [0.29, 0.717) is 5.69 Å². The number of fused-ring (bicyclic) bond motifs is 1. The van der Waals surface area contributed by atoms with Crippen LogP contribution in [0.1, 0.15) is 26.3 Å². The number of benzene rings is 2. The first kappa shape index (κ1) is 14.3. The molecule has 20 heavy (non-hydrogen) atoms. The molecule has 0 saturated heterocycles. The van der Waals surface area contributed by atoms with Gasteiger partial charge in [0.2, 0.25) is 0 Å². The monoisotopic (exact) mass is 273 g/mol. The van der Waals surface area contributed by atoms with E-state index < -0.39 is 5.97 Å². The molecule has 106 valence electrons. The second-order valence-electron chi connectivity index (χ2n) is 5.70. The maximum Gasteiger partial charge on any atom is 0.307 e. The molecule has 0 amide bonds. The lowest BCUT2D eigenvalue weighted by Crippen LogP contribution is -2.23. The van der Waals surface area contributed by atoms with E-state index in [0.717, 1.165) is 16.3 Å². The lowest BCUT2D eigenvalue weighted by Gasteiger charge is -2.22. The van der Waals surface area contributed by atoms with Crippen molar-refractivity contribution in [3.8, 4) is 0 Å². The maximum absolute atomic E-state index is 11.1. The van der Waals surface area contributed by atoms with Gasteiger partial charge in [-0.3, -0.25) is 15.1 Å². The standard InChI is InChI=1S/C16H19NO3/c1-16(2,3)20-17-14-9-8-11-6-4-5-7-12(11)13(14)10-15(18)19/h4-9,17H,10H2,1-3H3,(H,18,19). The van der Waals surface area contributed by atoms with Crippen molar-refractivity contribution in [3.63, 3.8) is 0 Å². The van der Waals surface area contributed by atoms with Gasteiger partial charge in [-0.15, -0.1) is 0 Å². The highest BCUT2D eigenvalue weighted by molar-refractivity contribution is 5.93. The summed E-state index contributed by atoms with van der Waals surface area (Å²) in [4.78, 5) is 16.6. The van der Waals surface area contributed by atoms with Gasteiger partial charge in [-0.25, -0.2) is 0 Å². The van der Waals surface area contributed by atoms with E-state index in [-0.39, 0.29) is 12.0 Å². The Morgan fingerprint density at radius 2 is 1.90 bits per heavy atom. The van der Waals surface area contributed by atoms with Gasteiger partial charge in [0, 0.05) is 0 Å². The lowest BCUT2D eigenvalue weighted by atomic mass is 10.0. The van der Waals surface area contributed by atoms with Crippen LogP contribution in [0, 0.1) is 0 Å². The Morgan fingerprint density at radius 3 is 2.55 bits per heavy atom. The van der Waals surface area contributed by atoms with Crippen molar-refractivity contribution >= 4 is 22.4 Å². The Morgan fingerprint density at radius 1 is 1.20 bits per heavy atom. The van der Waals surface area contributed by atoms with Crippen LogP contribution in [0.4, 0.5) is 5.69 Å². The summed E-state index contributed by atoms with van der Waals surface area (Å²) in [6.45, 7) is 5.79. The molecule has 0 fully saturated rings. The van der Waals surface area contributed by atoms with E-state index in [2.05, 4.69) is 5.48 Å². The van der Waals surface area contributed by atoms with Crippen LogP contribution in [0.5, 0.6) is 0 Å². The fraction of sp³-hybridized carbons (Fsp3) is 0.312. The van der Waals surface area contributed by atoms with Gasteiger partial charge < -0.3 is 5.11 Å². The average Bonchev–Trinajstić information content (AvgIpc) is 2.36. The molecular formula is C16H19NO3. The summed E-state index contributed by atoms with van der Waals surface area (Å²) >= 11 is 0. The molecule has 0 aromatic heterocycles. The van der Waals surface area contributed by atoms with Gasteiger partial charge in [0.1, 0.15) is 0 Å². The zero-order valence-corrected chi connectivity index (χ0v) is 11.9. The third kappa shape index (κ3) is 3.48. The number of anilines is 1. The van der Waals surface area contributed by atoms with Crippen molar-refractivity contribution < 1.29 is 14.7 Å². The van der Waals surface area contributed by atoms with Gasteiger partial charge >= 0.3 is 5.97 Å². The van der Waals surface area contributed by atoms with Crippen LogP contribution in [-0.4, -0.2) is 16.7 Å². The number of nitrogens with one attached hydrogen (secondary N) is 1. The number of hydrogen-bond acceptors (Lipinski definition) is 3. The minimum Gasteiger partial charge on any atom is -0.481 e. The summed E-state index contributed by atoms with van der Waals surface area (Å²) in [6, 6.07) is 11.5. The summed E-state index contributed by atoms with van der Waals surface area (Å²) in [5.41, 5.74) is 3.96. The van der Waals surface area contributed by atoms with Gasteiger partial charge in [-0.1, -0.05) is 30.3 Å². The van der Waals surface area contributed by atoms with E-state index in [4.69, 9.17) is 9.94 Å². The molecule has 0 radical (unpaired) electrons. The Hall–Kier alpha value is -2.07. The maximum atomic E-state index is 11.1. The van der Waals surface area contributed by atoms with E-state index in [9.17, 15) is 4.79 Å². The highest BCUT2D eigenvalue weighted by atomic mass is 16.7. The van der Waals surface area contributed by atoms with Crippen molar-refractivity contribution in [2.75, 3.05) is 5.48 Å². The van der Waals surface area contributed by atoms with Crippen molar-refractivity contribution in [1.82, 2.24) is 0 Å². The van der Waals surface area contributed by atoms with Crippen molar-refractivity contribution in [3.05, 3.63) is 42.0 Å². The van der Waals surface area contributed by atoms with Gasteiger partial charge in [-0.05, 0) is 43.2 Å². The fourth-order valence-electron chi connectivity index (χ4n) is 1.98. The van der Waals surface area contributed by atoms with Crippen LogP contribution < -0.4 is 5.48 Å². The Balaban J connectivity index is 2.44. The number of carboxylic acids is 1. The van der Waals surface area contributed by atoms with Crippen LogP contribution in [-0.2, 0) is 16.1 Å². The second kappa shape index (κ2) is 5.51. The van der Waals surface area contributed by atoms with E-state index >= 15 is 0 Å². The first-order valence-electron chi connectivity index (χ1n) is 6.53. The fourth-order valence-corrected chi connectivity index (χ4v) is 1.98.